The second-order valence-corrected chi connectivity index (χ2v) is 4.79. The zero-order valence-corrected chi connectivity index (χ0v) is 12.7. The fraction of sp³-hybridized carbons (Fsp3) is 0.176. The highest BCUT2D eigenvalue weighted by molar-refractivity contribution is 5.85. The zero-order valence-electron chi connectivity index (χ0n) is 12.7. The van der Waals surface area contributed by atoms with Gasteiger partial charge in [-0.3, -0.25) is 4.79 Å². The Labute approximate surface area is 134 Å². The zero-order chi connectivity index (χ0) is 16.7. The summed E-state index contributed by atoms with van der Waals surface area (Å²) in [5.41, 5.74) is 3.62. The maximum absolute atomic E-state index is 11.8. The van der Waals surface area contributed by atoms with Crippen LogP contribution in [0.15, 0.2) is 47.6 Å². The van der Waals surface area contributed by atoms with Gasteiger partial charge >= 0.3 is 0 Å². The first-order chi connectivity index (χ1) is 11.1. The average molecular weight is 314 g/mol. The van der Waals surface area contributed by atoms with Gasteiger partial charge in [-0.25, -0.2) is 5.43 Å². The van der Waals surface area contributed by atoms with E-state index in [0.717, 1.165) is 11.3 Å². The van der Waals surface area contributed by atoms with Crippen molar-refractivity contribution in [3.05, 3.63) is 53.6 Å². The van der Waals surface area contributed by atoms with Gasteiger partial charge in [-0.1, -0.05) is 12.1 Å². The van der Waals surface area contributed by atoms with E-state index in [9.17, 15) is 15.0 Å². The molecular formula is C17H18N2O4. The maximum atomic E-state index is 11.8. The predicted octanol–water partition coefficient (Wildman–Crippen LogP) is 2.19. The van der Waals surface area contributed by atoms with E-state index in [1.54, 1.807) is 0 Å². The lowest BCUT2D eigenvalue weighted by molar-refractivity contribution is -0.120. The number of ether oxygens (including phenoxy) is 1. The van der Waals surface area contributed by atoms with Gasteiger partial charge in [-0.05, 0) is 36.8 Å². The Morgan fingerprint density at radius 3 is 2.61 bits per heavy atom. The molecule has 3 N–H and O–H groups in total. The first-order valence-electron chi connectivity index (χ1n) is 7.14. The van der Waals surface area contributed by atoms with Gasteiger partial charge in [-0.2, -0.15) is 5.10 Å². The Morgan fingerprint density at radius 1 is 1.22 bits per heavy atom. The van der Waals surface area contributed by atoms with Crippen LogP contribution in [0.1, 0.15) is 18.1 Å². The Balaban J connectivity index is 1.88. The summed E-state index contributed by atoms with van der Waals surface area (Å²) in [6.45, 7) is 2.50. The van der Waals surface area contributed by atoms with Crippen molar-refractivity contribution in [1.29, 1.82) is 0 Å². The van der Waals surface area contributed by atoms with Crippen molar-refractivity contribution in [2.24, 2.45) is 5.10 Å². The molecule has 0 atom stereocenters. The number of amides is 1. The molecule has 0 aliphatic heterocycles. The van der Waals surface area contributed by atoms with Gasteiger partial charge in [0.15, 0.2) is 0 Å². The van der Waals surface area contributed by atoms with Crippen molar-refractivity contribution in [1.82, 2.24) is 5.43 Å². The predicted molar refractivity (Wildman–Crippen MR) is 86.8 cm³/mol. The lowest BCUT2D eigenvalue weighted by atomic mass is 10.1. The molecule has 6 heteroatoms. The standard InChI is InChI=1S/C17H18N2O4/c1-2-23-15-7-3-12(4-8-15)9-17(22)19-18-11-13-5-6-14(20)10-16(13)21/h3-8,10-11,20-21H,2,9H2,1H3,(H,19,22)/b18-11+. The number of nitrogens with zero attached hydrogens (tertiary/aromatic N) is 1. The number of nitrogens with one attached hydrogen (secondary N) is 1. The number of phenols is 2. The van der Waals surface area contributed by atoms with Crippen molar-refractivity contribution in [2.45, 2.75) is 13.3 Å². The number of aromatic hydroxyl groups is 2. The van der Waals surface area contributed by atoms with Crippen LogP contribution in [0, 0.1) is 0 Å². The third kappa shape index (κ3) is 5.03. The highest BCUT2D eigenvalue weighted by atomic mass is 16.5. The van der Waals surface area contributed by atoms with Crippen molar-refractivity contribution in [2.75, 3.05) is 6.61 Å². The third-order valence-corrected chi connectivity index (χ3v) is 3.01. The summed E-state index contributed by atoms with van der Waals surface area (Å²) in [6, 6.07) is 11.4. The fourth-order valence-corrected chi connectivity index (χ4v) is 1.91. The molecule has 0 saturated carbocycles. The van der Waals surface area contributed by atoms with E-state index < -0.39 is 0 Å². The van der Waals surface area contributed by atoms with Crippen LogP contribution in [-0.2, 0) is 11.2 Å². The van der Waals surface area contributed by atoms with Crippen LogP contribution in [-0.4, -0.2) is 28.9 Å². The number of benzene rings is 2. The topological polar surface area (TPSA) is 91.2 Å². The Morgan fingerprint density at radius 2 is 1.96 bits per heavy atom. The number of rotatable bonds is 6. The SMILES string of the molecule is CCOc1ccc(CC(=O)N/N=C/c2ccc(O)cc2O)cc1. The fourth-order valence-electron chi connectivity index (χ4n) is 1.91. The number of carbonyl (C=O) groups is 1. The van der Waals surface area contributed by atoms with Gasteiger partial charge in [0, 0.05) is 11.6 Å². The molecule has 2 rings (SSSR count). The van der Waals surface area contributed by atoms with Gasteiger partial charge in [0.2, 0.25) is 5.91 Å². The molecule has 2 aromatic rings. The highest BCUT2D eigenvalue weighted by Crippen LogP contribution is 2.20. The van der Waals surface area contributed by atoms with Crippen LogP contribution >= 0.6 is 0 Å². The van der Waals surface area contributed by atoms with E-state index in [-0.39, 0.29) is 23.8 Å². The molecule has 0 aromatic heterocycles. The van der Waals surface area contributed by atoms with Crippen molar-refractivity contribution in [3.63, 3.8) is 0 Å². The largest absolute Gasteiger partial charge is 0.508 e. The molecule has 0 radical (unpaired) electrons. The summed E-state index contributed by atoms with van der Waals surface area (Å²) >= 11 is 0. The van der Waals surface area contributed by atoms with Crippen LogP contribution in [0.25, 0.3) is 0 Å². The Bertz CT molecular complexity index is 696. The minimum absolute atomic E-state index is 0.0424. The third-order valence-electron chi connectivity index (χ3n) is 3.01. The van der Waals surface area contributed by atoms with E-state index in [0.29, 0.717) is 12.2 Å². The monoisotopic (exact) mass is 314 g/mol. The van der Waals surface area contributed by atoms with Gasteiger partial charge in [0.25, 0.3) is 0 Å². The first-order valence-corrected chi connectivity index (χ1v) is 7.14. The molecule has 0 spiro atoms. The molecule has 120 valence electrons. The molecule has 0 fully saturated rings. The molecule has 0 aliphatic carbocycles. The summed E-state index contributed by atoms with van der Waals surface area (Å²) in [4.78, 5) is 11.8. The Hall–Kier alpha value is -3.02. The normalized spacial score (nSPS) is 10.7. The molecule has 0 bridgehead atoms. The minimum atomic E-state index is -0.274. The second-order valence-electron chi connectivity index (χ2n) is 4.79. The molecule has 2 aromatic carbocycles. The van der Waals surface area contributed by atoms with Crippen LogP contribution in [0.3, 0.4) is 0 Å². The summed E-state index contributed by atoms with van der Waals surface area (Å²) in [7, 11) is 0. The Kier molecular flexibility index (Phi) is 5.57. The minimum Gasteiger partial charge on any atom is -0.508 e. The molecule has 6 nitrogen and oxygen atoms in total. The molecule has 23 heavy (non-hydrogen) atoms. The van der Waals surface area contributed by atoms with Gasteiger partial charge < -0.3 is 14.9 Å². The molecule has 0 aliphatic rings. The number of carbonyl (C=O) groups excluding carboxylic acids is 1. The number of hydrogen-bond donors (Lipinski definition) is 3. The van der Waals surface area contributed by atoms with Crippen molar-refractivity contribution < 1.29 is 19.7 Å². The van der Waals surface area contributed by atoms with E-state index in [1.807, 2.05) is 31.2 Å². The lowest BCUT2D eigenvalue weighted by Gasteiger charge is -2.04. The second kappa shape index (κ2) is 7.84. The van der Waals surface area contributed by atoms with Gasteiger partial charge in [0.1, 0.15) is 17.2 Å². The van der Waals surface area contributed by atoms with E-state index >= 15 is 0 Å². The smallest absolute Gasteiger partial charge is 0.244 e. The molecular weight excluding hydrogens is 296 g/mol. The van der Waals surface area contributed by atoms with Crippen LogP contribution < -0.4 is 10.2 Å². The van der Waals surface area contributed by atoms with Gasteiger partial charge in [-0.15, -0.1) is 0 Å². The average Bonchev–Trinajstić information content (AvgIpc) is 2.52. The summed E-state index contributed by atoms with van der Waals surface area (Å²) in [6.07, 6.45) is 1.50. The van der Waals surface area contributed by atoms with Crippen molar-refractivity contribution >= 4 is 12.1 Å². The highest BCUT2D eigenvalue weighted by Gasteiger charge is 2.03. The number of hydrogen-bond acceptors (Lipinski definition) is 5. The number of phenolic OH excluding ortho intramolecular Hbond substituents is 2. The molecule has 0 unspecified atom stereocenters. The van der Waals surface area contributed by atoms with Gasteiger partial charge in [0.05, 0.1) is 19.2 Å². The number of hydrazone groups is 1. The molecule has 0 saturated heterocycles. The lowest BCUT2D eigenvalue weighted by Crippen LogP contribution is -2.19. The molecule has 1 amide bonds. The van der Waals surface area contributed by atoms with Crippen molar-refractivity contribution in [3.8, 4) is 17.2 Å². The summed E-state index contributed by atoms with van der Waals surface area (Å²) < 4.78 is 5.33. The van der Waals surface area contributed by atoms with E-state index in [1.165, 1.54) is 24.4 Å². The van der Waals surface area contributed by atoms with E-state index in [4.69, 9.17) is 4.74 Å². The van der Waals surface area contributed by atoms with E-state index in [2.05, 4.69) is 10.5 Å². The van der Waals surface area contributed by atoms with Crippen LogP contribution in [0.5, 0.6) is 17.2 Å². The van der Waals surface area contributed by atoms with Crippen LogP contribution in [0.4, 0.5) is 0 Å². The molecule has 0 heterocycles. The quantitative estimate of drug-likeness (QED) is 0.563. The van der Waals surface area contributed by atoms with Crippen LogP contribution in [0.2, 0.25) is 0 Å². The summed E-state index contributed by atoms with van der Waals surface area (Å²) in [5, 5.41) is 22.6. The first kappa shape index (κ1) is 16.4. The summed E-state index contributed by atoms with van der Waals surface area (Å²) in [5.74, 6) is 0.329. The maximum Gasteiger partial charge on any atom is 0.244 e.